The molecule has 0 aromatic rings. The van der Waals surface area contributed by atoms with Crippen molar-refractivity contribution in [3.63, 3.8) is 0 Å². The summed E-state index contributed by atoms with van der Waals surface area (Å²) in [6.07, 6.45) is 1.70. The quantitative estimate of drug-likeness (QED) is 0.538. The molecule has 0 aliphatic carbocycles. The topological polar surface area (TPSA) is 61.7 Å². The molecule has 1 fully saturated rings. The lowest BCUT2D eigenvalue weighted by atomic mass is 10.0. The Hall–Kier alpha value is -0.160. The van der Waals surface area contributed by atoms with Gasteiger partial charge in [-0.2, -0.15) is 0 Å². The Morgan fingerprint density at radius 3 is 3.00 bits per heavy atom. The summed E-state index contributed by atoms with van der Waals surface area (Å²) < 4.78 is 5.31. The third kappa shape index (κ3) is 4.57. The first kappa shape index (κ1) is 10.9. The van der Waals surface area contributed by atoms with E-state index in [0.717, 1.165) is 26.2 Å². The highest BCUT2D eigenvalue weighted by Crippen LogP contribution is 2.11. The molecule has 13 heavy (non-hydrogen) atoms. The molecule has 1 heterocycles. The van der Waals surface area contributed by atoms with Gasteiger partial charge in [0.05, 0.1) is 19.3 Å². The Bertz CT molecular complexity index is 126. The van der Waals surface area contributed by atoms with E-state index in [0.29, 0.717) is 12.5 Å². The highest BCUT2D eigenvalue weighted by Gasteiger charge is 2.13. The predicted molar refractivity (Wildman–Crippen MR) is 49.5 cm³/mol. The van der Waals surface area contributed by atoms with Crippen molar-refractivity contribution in [3.05, 3.63) is 0 Å². The molecule has 0 spiro atoms. The summed E-state index contributed by atoms with van der Waals surface area (Å²) >= 11 is 0. The Balaban J connectivity index is 1.98. The van der Waals surface area contributed by atoms with E-state index in [4.69, 9.17) is 14.9 Å². The van der Waals surface area contributed by atoms with Crippen LogP contribution in [0.5, 0.6) is 0 Å². The van der Waals surface area contributed by atoms with Gasteiger partial charge in [-0.05, 0) is 18.8 Å². The second kappa shape index (κ2) is 6.32. The van der Waals surface area contributed by atoms with Gasteiger partial charge in [0, 0.05) is 19.7 Å². The van der Waals surface area contributed by atoms with E-state index < -0.39 is 6.10 Å². The van der Waals surface area contributed by atoms with Crippen LogP contribution >= 0.6 is 0 Å². The Labute approximate surface area is 78.9 Å². The van der Waals surface area contributed by atoms with Crippen LogP contribution in [0, 0.1) is 5.92 Å². The number of rotatable bonds is 5. The maximum atomic E-state index is 9.04. The van der Waals surface area contributed by atoms with Crippen LogP contribution in [0.15, 0.2) is 0 Å². The number of aliphatic hydroxyl groups is 2. The van der Waals surface area contributed by atoms with Gasteiger partial charge in [0.2, 0.25) is 0 Å². The van der Waals surface area contributed by atoms with Gasteiger partial charge in [-0.1, -0.05) is 0 Å². The predicted octanol–water partition coefficient (Wildman–Crippen LogP) is -0.644. The molecule has 1 saturated heterocycles. The zero-order valence-corrected chi connectivity index (χ0v) is 7.91. The summed E-state index contributed by atoms with van der Waals surface area (Å²) in [6, 6.07) is 0. The van der Waals surface area contributed by atoms with E-state index in [2.05, 4.69) is 5.32 Å². The molecular weight excluding hydrogens is 170 g/mol. The average molecular weight is 189 g/mol. The van der Waals surface area contributed by atoms with Crippen LogP contribution in [0.3, 0.4) is 0 Å². The fourth-order valence-electron chi connectivity index (χ4n) is 1.49. The van der Waals surface area contributed by atoms with E-state index in [1.807, 2.05) is 0 Å². The molecular formula is C9H19NO3. The van der Waals surface area contributed by atoms with Crippen LogP contribution in [0.25, 0.3) is 0 Å². The van der Waals surface area contributed by atoms with Crippen molar-refractivity contribution in [2.24, 2.45) is 5.92 Å². The lowest BCUT2D eigenvalue weighted by Gasteiger charge is -2.22. The van der Waals surface area contributed by atoms with Crippen molar-refractivity contribution in [3.8, 4) is 0 Å². The van der Waals surface area contributed by atoms with Gasteiger partial charge in [0.25, 0.3) is 0 Å². The maximum absolute atomic E-state index is 9.04. The lowest BCUT2D eigenvalue weighted by molar-refractivity contribution is 0.0508. The van der Waals surface area contributed by atoms with E-state index in [1.54, 1.807) is 0 Å². The first-order chi connectivity index (χ1) is 6.33. The van der Waals surface area contributed by atoms with Gasteiger partial charge in [-0.25, -0.2) is 0 Å². The van der Waals surface area contributed by atoms with Crippen molar-refractivity contribution in [2.45, 2.75) is 18.9 Å². The van der Waals surface area contributed by atoms with Crippen LogP contribution in [0.2, 0.25) is 0 Å². The second-order valence-electron chi connectivity index (χ2n) is 3.58. The minimum Gasteiger partial charge on any atom is -0.394 e. The maximum Gasteiger partial charge on any atom is 0.0894 e. The van der Waals surface area contributed by atoms with Crippen molar-refractivity contribution >= 4 is 0 Å². The number of hydrogen-bond donors (Lipinski definition) is 3. The van der Waals surface area contributed by atoms with Crippen molar-refractivity contribution in [1.29, 1.82) is 0 Å². The van der Waals surface area contributed by atoms with Crippen LogP contribution in [-0.4, -0.2) is 49.2 Å². The fraction of sp³-hybridized carbons (Fsp3) is 1.00. The Morgan fingerprint density at radius 1 is 1.54 bits per heavy atom. The van der Waals surface area contributed by atoms with Gasteiger partial charge in [0.15, 0.2) is 0 Å². The summed E-state index contributed by atoms with van der Waals surface area (Å²) in [5.74, 6) is 0.569. The molecule has 4 nitrogen and oxygen atoms in total. The molecule has 1 aliphatic rings. The molecule has 0 bridgehead atoms. The van der Waals surface area contributed by atoms with Gasteiger partial charge >= 0.3 is 0 Å². The molecule has 0 radical (unpaired) electrons. The van der Waals surface area contributed by atoms with Crippen LogP contribution in [-0.2, 0) is 4.74 Å². The number of hydrogen-bond acceptors (Lipinski definition) is 4. The summed E-state index contributed by atoms with van der Waals surface area (Å²) in [7, 11) is 0. The highest BCUT2D eigenvalue weighted by molar-refractivity contribution is 4.67. The summed E-state index contributed by atoms with van der Waals surface area (Å²) in [5.41, 5.74) is 0. The normalized spacial score (nSPS) is 25.8. The van der Waals surface area contributed by atoms with Gasteiger partial charge < -0.3 is 20.3 Å². The molecule has 78 valence electrons. The second-order valence-corrected chi connectivity index (χ2v) is 3.58. The van der Waals surface area contributed by atoms with Crippen molar-refractivity contribution in [1.82, 2.24) is 5.32 Å². The first-order valence-electron chi connectivity index (χ1n) is 4.90. The summed E-state index contributed by atoms with van der Waals surface area (Å²) in [6.45, 7) is 2.87. The van der Waals surface area contributed by atoms with Crippen LogP contribution < -0.4 is 5.32 Å². The average Bonchev–Trinajstić information content (AvgIpc) is 2.19. The first-order valence-corrected chi connectivity index (χ1v) is 4.90. The Morgan fingerprint density at radius 2 is 2.38 bits per heavy atom. The number of ether oxygens (including phenoxy) is 1. The molecule has 0 aromatic carbocycles. The molecule has 2 atom stereocenters. The molecule has 0 aromatic heterocycles. The van der Waals surface area contributed by atoms with Crippen LogP contribution in [0.4, 0.5) is 0 Å². The van der Waals surface area contributed by atoms with Gasteiger partial charge in [0.1, 0.15) is 0 Å². The molecule has 3 N–H and O–H groups in total. The zero-order valence-electron chi connectivity index (χ0n) is 7.91. The minimum atomic E-state index is -0.635. The van der Waals surface area contributed by atoms with E-state index in [1.165, 1.54) is 6.42 Å². The Kier molecular flexibility index (Phi) is 5.31. The van der Waals surface area contributed by atoms with Crippen LogP contribution in [0.1, 0.15) is 12.8 Å². The van der Waals surface area contributed by atoms with Crippen molar-refractivity contribution < 1.29 is 14.9 Å². The zero-order chi connectivity index (χ0) is 9.52. The molecule has 4 heteroatoms. The third-order valence-electron chi connectivity index (χ3n) is 2.28. The molecule has 0 saturated carbocycles. The molecule has 1 aliphatic heterocycles. The van der Waals surface area contributed by atoms with E-state index >= 15 is 0 Å². The smallest absolute Gasteiger partial charge is 0.0894 e. The van der Waals surface area contributed by atoms with Gasteiger partial charge in [-0.15, -0.1) is 0 Å². The third-order valence-corrected chi connectivity index (χ3v) is 2.28. The SMILES string of the molecule is OC[C@@H](O)CNCC1CCCOC1. The highest BCUT2D eigenvalue weighted by atomic mass is 16.5. The standard InChI is InChI=1S/C9H19NO3/c11-6-9(12)5-10-4-8-2-1-3-13-7-8/h8-12H,1-7H2/t8?,9-/m0/s1. The molecule has 1 unspecified atom stereocenters. The largest absolute Gasteiger partial charge is 0.394 e. The van der Waals surface area contributed by atoms with E-state index in [9.17, 15) is 0 Å². The van der Waals surface area contributed by atoms with Gasteiger partial charge in [-0.3, -0.25) is 0 Å². The number of aliphatic hydroxyl groups excluding tert-OH is 2. The minimum absolute atomic E-state index is 0.172. The van der Waals surface area contributed by atoms with Crippen molar-refractivity contribution in [2.75, 3.05) is 32.9 Å². The lowest BCUT2D eigenvalue weighted by Crippen LogP contribution is -2.35. The van der Waals surface area contributed by atoms with E-state index in [-0.39, 0.29) is 6.61 Å². The number of nitrogens with one attached hydrogen (secondary N) is 1. The summed E-state index contributed by atoms with van der Waals surface area (Å²) in [4.78, 5) is 0. The fourth-order valence-corrected chi connectivity index (χ4v) is 1.49. The summed E-state index contributed by atoms with van der Waals surface area (Å²) in [5, 5.41) is 20.7. The molecule has 1 rings (SSSR count). The molecule has 0 amide bonds. The monoisotopic (exact) mass is 189 g/mol.